The van der Waals surface area contributed by atoms with Crippen LogP contribution in [0.3, 0.4) is 0 Å². The van der Waals surface area contributed by atoms with Crippen molar-refractivity contribution < 1.29 is 19.0 Å². The lowest BCUT2D eigenvalue weighted by Gasteiger charge is -2.21. The minimum Gasteiger partial charge on any atom is -0.490 e. The Morgan fingerprint density at radius 2 is 1.53 bits per heavy atom. The highest BCUT2D eigenvalue weighted by Gasteiger charge is 2.28. The van der Waals surface area contributed by atoms with Crippen LogP contribution in [0.25, 0.3) is 11.1 Å². The summed E-state index contributed by atoms with van der Waals surface area (Å²) in [4.78, 5) is 19.4. The summed E-state index contributed by atoms with van der Waals surface area (Å²) < 4.78 is 17.3. The molecule has 0 N–H and O–H groups in total. The molecule has 6 heteroatoms. The largest absolute Gasteiger partial charge is 0.490 e. The number of rotatable bonds is 8. The summed E-state index contributed by atoms with van der Waals surface area (Å²) in [5.41, 5.74) is 4.86. The highest BCUT2D eigenvalue weighted by atomic mass is 16.5. The fourth-order valence-electron chi connectivity index (χ4n) is 4.00. The van der Waals surface area contributed by atoms with Crippen LogP contribution in [0.15, 0.2) is 54.9 Å². The van der Waals surface area contributed by atoms with Crippen LogP contribution < -0.4 is 19.1 Å². The third-order valence-electron chi connectivity index (χ3n) is 5.39. The standard InChI is InChI=1S/C26H28N2O4/c1-4-30-23-16-21(17-24(31-5-2)25(23)32-6-3)26(29)28-14-11-20-15-19(7-8-22(20)28)18-9-12-27-13-10-18/h7-10,12-13,15-17H,4-6,11,14H2,1-3H3. The van der Waals surface area contributed by atoms with Crippen molar-refractivity contribution >= 4 is 11.6 Å². The van der Waals surface area contributed by atoms with E-state index in [0.717, 1.165) is 28.8 Å². The first-order chi connectivity index (χ1) is 15.7. The second kappa shape index (κ2) is 9.73. The number of fused-ring (bicyclic) bond motifs is 1. The Balaban J connectivity index is 1.67. The van der Waals surface area contributed by atoms with E-state index in [2.05, 4.69) is 17.1 Å². The van der Waals surface area contributed by atoms with E-state index in [4.69, 9.17) is 14.2 Å². The van der Waals surface area contributed by atoms with Gasteiger partial charge in [-0.1, -0.05) is 6.07 Å². The SMILES string of the molecule is CCOc1cc(C(=O)N2CCc3cc(-c4ccncc4)ccc32)cc(OCC)c1OCC. The molecule has 0 atom stereocenters. The summed E-state index contributed by atoms with van der Waals surface area (Å²) in [7, 11) is 0. The van der Waals surface area contributed by atoms with E-state index >= 15 is 0 Å². The summed E-state index contributed by atoms with van der Waals surface area (Å²) in [6.45, 7) is 7.76. The van der Waals surface area contributed by atoms with E-state index in [1.165, 1.54) is 0 Å². The van der Waals surface area contributed by atoms with Crippen LogP contribution in [-0.4, -0.2) is 37.3 Å². The van der Waals surface area contributed by atoms with Crippen LogP contribution in [0.2, 0.25) is 0 Å². The third-order valence-corrected chi connectivity index (χ3v) is 5.39. The Labute approximate surface area is 188 Å². The summed E-state index contributed by atoms with van der Waals surface area (Å²) in [5, 5.41) is 0. The van der Waals surface area contributed by atoms with Crippen molar-refractivity contribution in [2.24, 2.45) is 0 Å². The van der Waals surface area contributed by atoms with E-state index < -0.39 is 0 Å². The number of hydrogen-bond donors (Lipinski definition) is 0. The molecule has 1 aliphatic rings. The van der Waals surface area contributed by atoms with Gasteiger partial charge in [0, 0.05) is 30.2 Å². The van der Waals surface area contributed by atoms with Gasteiger partial charge in [-0.25, -0.2) is 0 Å². The molecule has 6 nitrogen and oxygen atoms in total. The summed E-state index contributed by atoms with van der Waals surface area (Å²) in [6, 6.07) is 13.7. The van der Waals surface area contributed by atoms with Crippen LogP contribution in [0.4, 0.5) is 5.69 Å². The van der Waals surface area contributed by atoms with Gasteiger partial charge in [0.15, 0.2) is 11.5 Å². The second-order valence-corrected chi connectivity index (χ2v) is 7.39. The van der Waals surface area contributed by atoms with Gasteiger partial charge < -0.3 is 19.1 Å². The molecule has 0 saturated heterocycles. The number of nitrogens with zero attached hydrogens (tertiary/aromatic N) is 2. The quantitative estimate of drug-likeness (QED) is 0.493. The minimum absolute atomic E-state index is 0.0784. The van der Waals surface area contributed by atoms with Gasteiger partial charge in [0.1, 0.15) is 0 Å². The lowest BCUT2D eigenvalue weighted by molar-refractivity contribution is 0.0988. The monoisotopic (exact) mass is 432 g/mol. The molecule has 0 spiro atoms. The molecule has 166 valence electrons. The fraction of sp³-hybridized carbons (Fsp3) is 0.308. The van der Waals surface area contributed by atoms with E-state index in [9.17, 15) is 4.79 Å². The van der Waals surface area contributed by atoms with E-state index in [1.54, 1.807) is 24.5 Å². The van der Waals surface area contributed by atoms with Crippen LogP contribution in [0.1, 0.15) is 36.7 Å². The highest BCUT2D eigenvalue weighted by Crippen LogP contribution is 2.40. The van der Waals surface area contributed by atoms with Crippen LogP contribution in [0, 0.1) is 0 Å². The van der Waals surface area contributed by atoms with Gasteiger partial charge in [-0.05, 0) is 80.3 Å². The molecule has 0 aliphatic carbocycles. The highest BCUT2D eigenvalue weighted by molar-refractivity contribution is 6.08. The van der Waals surface area contributed by atoms with Crippen molar-refractivity contribution in [3.63, 3.8) is 0 Å². The van der Waals surface area contributed by atoms with Gasteiger partial charge in [-0.15, -0.1) is 0 Å². The number of aromatic nitrogens is 1. The van der Waals surface area contributed by atoms with Crippen molar-refractivity contribution in [3.05, 3.63) is 66.0 Å². The predicted molar refractivity (Wildman–Crippen MR) is 125 cm³/mol. The first kappa shape index (κ1) is 21.7. The Bertz CT molecular complexity index is 1070. The zero-order valence-electron chi connectivity index (χ0n) is 18.8. The van der Waals surface area contributed by atoms with Crippen molar-refractivity contribution in [1.29, 1.82) is 0 Å². The fourth-order valence-corrected chi connectivity index (χ4v) is 4.00. The normalized spacial score (nSPS) is 12.4. The average Bonchev–Trinajstić information content (AvgIpc) is 3.24. The summed E-state index contributed by atoms with van der Waals surface area (Å²) >= 11 is 0. The van der Waals surface area contributed by atoms with E-state index in [1.807, 2.05) is 43.9 Å². The van der Waals surface area contributed by atoms with Crippen LogP contribution in [-0.2, 0) is 6.42 Å². The molecule has 2 aromatic carbocycles. The molecule has 0 unspecified atom stereocenters. The number of pyridine rings is 1. The number of amides is 1. The maximum absolute atomic E-state index is 13.5. The molecule has 2 heterocycles. The van der Waals surface area contributed by atoms with Crippen molar-refractivity contribution in [2.75, 3.05) is 31.3 Å². The predicted octanol–water partition coefficient (Wildman–Crippen LogP) is 5.15. The number of benzene rings is 2. The Morgan fingerprint density at radius 1 is 0.875 bits per heavy atom. The third kappa shape index (κ3) is 4.26. The van der Waals surface area contributed by atoms with Gasteiger partial charge in [-0.2, -0.15) is 0 Å². The van der Waals surface area contributed by atoms with Gasteiger partial charge in [-0.3, -0.25) is 9.78 Å². The van der Waals surface area contributed by atoms with Crippen molar-refractivity contribution in [1.82, 2.24) is 4.98 Å². The maximum Gasteiger partial charge on any atom is 0.258 e. The van der Waals surface area contributed by atoms with Crippen molar-refractivity contribution in [3.8, 4) is 28.4 Å². The molecule has 4 rings (SSSR count). The van der Waals surface area contributed by atoms with Crippen LogP contribution >= 0.6 is 0 Å². The molecule has 0 saturated carbocycles. The molecular weight excluding hydrogens is 404 g/mol. The zero-order valence-corrected chi connectivity index (χ0v) is 18.8. The minimum atomic E-state index is -0.0784. The molecule has 32 heavy (non-hydrogen) atoms. The molecule has 0 bridgehead atoms. The van der Waals surface area contributed by atoms with E-state index in [-0.39, 0.29) is 5.91 Å². The molecule has 1 aromatic heterocycles. The molecule has 3 aromatic rings. The molecule has 1 amide bonds. The Hall–Kier alpha value is -3.54. The van der Waals surface area contributed by atoms with Gasteiger partial charge in [0.25, 0.3) is 5.91 Å². The number of anilines is 1. The molecular formula is C26H28N2O4. The van der Waals surface area contributed by atoms with Crippen molar-refractivity contribution in [2.45, 2.75) is 27.2 Å². The average molecular weight is 433 g/mol. The first-order valence-corrected chi connectivity index (χ1v) is 11.1. The maximum atomic E-state index is 13.5. The van der Waals surface area contributed by atoms with Gasteiger partial charge in [0.2, 0.25) is 5.75 Å². The lowest BCUT2D eigenvalue weighted by Crippen LogP contribution is -2.29. The number of hydrogen-bond acceptors (Lipinski definition) is 5. The molecule has 0 fully saturated rings. The zero-order chi connectivity index (χ0) is 22.5. The van der Waals surface area contributed by atoms with Crippen LogP contribution in [0.5, 0.6) is 17.2 Å². The molecule has 1 aliphatic heterocycles. The number of ether oxygens (including phenoxy) is 3. The smallest absolute Gasteiger partial charge is 0.258 e. The number of carbonyl (C=O) groups is 1. The summed E-state index contributed by atoms with van der Waals surface area (Å²) in [5.74, 6) is 1.51. The second-order valence-electron chi connectivity index (χ2n) is 7.39. The lowest BCUT2D eigenvalue weighted by atomic mass is 10.0. The summed E-state index contributed by atoms with van der Waals surface area (Å²) in [6.07, 6.45) is 4.39. The topological polar surface area (TPSA) is 60.9 Å². The van der Waals surface area contributed by atoms with Gasteiger partial charge >= 0.3 is 0 Å². The first-order valence-electron chi connectivity index (χ1n) is 11.1. The van der Waals surface area contributed by atoms with E-state index in [0.29, 0.717) is 49.2 Å². The number of carbonyl (C=O) groups excluding carboxylic acids is 1. The van der Waals surface area contributed by atoms with Gasteiger partial charge in [0.05, 0.1) is 19.8 Å². The Morgan fingerprint density at radius 3 is 2.16 bits per heavy atom. The molecule has 0 radical (unpaired) electrons. The Kier molecular flexibility index (Phi) is 6.59.